The molecule has 0 atom stereocenters. The fourth-order valence-corrected chi connectivity index (χ4v) is 2.67. The van der Waals surface area contributed by atoms with Crippen molar-refractivity contribution in [3.05, 3.63) is 53.9 Å². The molecule has 5 nitrogen and oxygen atoms in total. The van der Waals surface area contributed by atoms with Crippen molar-refractivity contribution in [2.45, 2.75) is 19.9 Å². The first kappa shape index (κ1) is 15.6. The largest absolute Gasteiger partial charge is 0.325 e. The minimum absolute atomic E-state index is 0.0597. The van der Waals surface area contributed by atoms with Crippen molar-refractivity contribution < 1.29 is 4.79 Å². The number of aromatic nitrogens is 3. The molecule has 0 saturated carbocycles. The van der Waals surface area contributed by atoms with Crippen molar-refractivity contribution in [1.29, 1.82) is 0 Å². The fourth-order valence-electron chi connectivity index (χ4n) is 2.47. The molecule has 23 heavy (non-hydrogen) atoms. The van der Waals surface area contributed by atoms with E-state index in [4.69, 9.17) is 0 Å². The fraction of sp³-hybridized carbons (Fsp3) is 0.235. The highest BCUT2D eigenvalue weighted by molar-refractivity contribution is 7.80. The van der Waals surface area contributed by atoms with E-state index in [0.717, 1.165) is 16.7 Å². The van der Waals surface area contributed by atoms with Crippen molar-refractivity contribution >= 4 is 35.3 Å². The van der Waals surface area contributed by atoms with Gasteiger partial charge in [-0.05, 0) is 24.3 Å². The van der Waals surface area contributed by atoms with E-state index >= 15 is 0 Å². The molecule has 0 aliphatic carbocycles. The first-order valence-electron chi connectivity index (χ1n) is 7.45. The van der Waals surface area contributed by atoms with Gasteiger partial charge in [-0.25, -0.2) is 9.67 Å². The van der Waals surface area contributed by atoms with Crippen LogP contribution in [-0.2, 0) is 11.3 Å². The number of anilines is 1. The van der Waals surface area contributed by atoms with Gasteiger partial charge in [0.25, 0.3) is 0 Å². The summed E-state index contributed by atoms with van der Waals surface area (Å²) in [6.07, 6.45) is 2.05. The molecule has 3 aromatic rings. The highest BCUT2D eigenvalue weighted by Crippen LogP contribution is 2.21. The minimum atomic E-state index is -0.0597. The van der Waals surface area contributed by atoms with Crippen LogP contribution in [0.25, 0.3) is 11.0 Å². The lowest BCUT2D eigenvalue weighted by atomic mass is 10.2. The Kier molecular flexibility index (Phi) is 4.62. The van der Waals surface area contributed by atoms with Gasteiger partial charge in [0, 0.05) is 11.8 Å². The Balaban J connectivity index is 1.89. The van der Waals surface area contributed by atoms with E-state index in [0.29, 0.717) is 24.4 Å². The Morgan fingerprint density at radius 1 is 1.30 bits per heavy atom. The van der Waals surface area contributed by atoms with E-state index in [9.17, 15) is 4.79 Å². The lowest BCUT2D eigenvalue weighted by Crippen LogP contribution is -2.12. The van der Waals surface area contributed by atoms with Crippen molar-refractivity contribution in [3.8, 4) is 0 Å². The smallest absolute Gasteiger partial charge is 0.225 e. The summed E-state index contributed by atoms with van der Waals surface area (Å²) in [6, 6.07) is 12.1. The van der Waals surface area contributed by atoms with Crippen LogP contribution in [0.15, 0.2) is 42.6 Å². The number of carbonyl (C=O) groups is 1. The average Bonchev–Trinajstić information content (AvgIpc) is 2.84. The Labute approximate surface area is 140 Å². The van der Waals surface area contributed by atoms with E-state index < -0.39 is 0 Å². The Morgan fingerprint density at radius 3 is 2.83 bits per heavy atom. The minimum Gasteiger partial charge on any atom is -0.325 e. The molecule has 0 radical (unpaired) electrons. The highest BCUT2D eigenvalue weighted by atomic mass is 32.1. The highest BCUT2D eigenvalue weighted by Gasteiger charge is 2.11. The number of fused-ring (bicyclic) bond motifs is 1. The summed E-state index contributed by atoms with van der Waals surface area (Å²) in [6.45, 7) is 2.62. The standard InChI is InChI=1S/C17H18N4OS/c1-12-15-9-14(19-16(22)7-8-23)10-18-17(15)21(20-12)11-13-5-3-2-4-6-13/h2-6,9-10,23H,7-8,11H2,1H3,(H,19,22). The Hall–Kier alpha value is -2.34. The second kappa shape index (κ2) is 6.83. The molecule has 1 amide bonds. The number of thiol groups is 1. The number of benzene rings is 1. The number of hydrogen-bond acceptors (Lipinski definition) is 4. The van der Waals surface area contributed by atoms with Crippen LogP contribution in [0.1, 0.15) is 17.7 Å². The Morgan fingerprint density at radius 2 is 2.09 bits per heavy atom. The van der Waals surface area contributed by atoms with Crippen LogP contribution >= 0.6 is 12.6 Å². The zero-order chi connectivity index (χ0) is 16.2. The van der Waals surface area contributed by atoms with Crippen LogP contribution in [0.5, 0.6) is 0 Å². The third-order valence-corrected chi connectivity index (χ3v) is 3.79. The molecule has 118 valence electrons. The van der Waals surface area contributed by atoms with Crippen LogP contribution in [0, 0.1) is 6.92 Å². The predicted octanol–water partition coefficient (Wildman–Crippen LogP) is 3.05. The number of rotatable bonds is 5. The van der Waals surface area contributed by atoms with Crippen LogP contribution in [0.3, 0.4) is 0 Å². The number of amides is 1. The molecule has 0 bridgehead atoms. The van der Waals surface area contributed by atoms with E-state index in [-0.39, 0.29) is 5.91 Å². The maximum atomic E-state index is 11.7. The van der Waals surface area contributed by atoms with Gasteiger partial charge in [-0.15, -0.1) is 0 Å². The van der Waals surface area contributed by atoms with E-state index in [2.05, 4.69) is 40.2 Å². The van der Waals surface area contributed by atoms with Gasteiger partial charge in [0.1, 0.15) is 0 Å². The third kappa shape index (κ3) is 3.53. The first-order valence-corrected chi connectivity index (χ1v) is 8.08. The number of carbonyl (C=O) groups excluding carboxylic acids is 1. The quantitative estimate of drug-likeness (QED) is 0.709. The van der Waals surface area contributed by atoms with Gasteiger partial charge in [0.2, 0.25) is 5.91 Å². The molecule has 2 aromatic heterocycles. The monoisotopic (exact) mass is 326 g/mol. The lowest BCUT2D eigenvalue weighted by Gasteiger charge is -2.05. The number of nitrogens with one attached hydrogen (secondary N) is 1. The summed E-state index contributed by atoms with van der Waals surface area (Å²) >= 11 is 4.06. The molecular formula is C17H18N4OS. The van der Waals surface area contributed by atoms with Gasteiger partial charge < -0.3 is 5.32 Å². The predicted molar refractivity (Wildman–Crippen MR) is 94.9 cm³/mol. The number of pyridine rings is 1. The summed E-state index contributed by atoms with van der Waals surface area (Å²) in [5, 5.41) is 8.35. The summed E-state index contributed by atoms with van der Waals surface area (Å²) in [5.41, 5.74) is 3.57. The van der Waals surface area contributed by atoms with Gasteiger partial charge >= 0.3 is 0 Å². The van der Waals surface area contributed by atoms with Crippen molar-refractivity contribution in [2.24, 2.45) is 0 Å². The van der Waals surface area contributed by atoms with E-state index in [1.54, 1.807) is 6.20 Å². The van der Waals surface area contributed by atoms with Gasteiger partial charge in [0.15, 0.2) is 5.65 Å². The average molecular weight is 326 g/mol. The van der Waals surface area contributed by atoms with Crippen LogP contribution < -0.4 is 5.32 Å². The topological polar surface area (TPSA) is 59.8 Å². The summed E-state index contributed by atoms with van der Waals surface area (Å²) in [4.78, 5) is 16.1. The molecule has 0 fully saturated rings. The van der Waals surface area contributed by atoms with Crippen molar-refractivity contribution in [2.75, 3.05) is 11.1 Å². The van der Waals surface area contributed by atoms with Gasteiger partial charge in [0.05, 0.1) is 24.1 Å². The molecule has 0 aliphatic rings. The van der Waals surface area contributed by atoms with Gasteiger partial charge in [-0.1, -0.05) is 30.3 Å². The number of aryl methyl sites for hydroxylation is 1. The second-order valence-electron chi connectivity index (χ2n) is 5.35. The maximum absolute atomic E-state index is 11.7. The number of hydrogen-bond donors (Lipinski definition) is 2. The summed E-state index contributed by atoms with van der Waals surface area (Å²) in [7, 11) is 0. The maximum Gasteiger partial charge on any atom is 0.225 e. The molecule has 0 aliphatic heterocycles. The van der Waals surface area contributed by atoms with Crippen LogP contribution in [-0.4, -0.2) is 26.4 Å². The zero-order valence-electron chi connectivity index (χ0n) is 12.9. The summed E-state index contributed by atoms with van der Waals surface area (Å²) < 4.78 is 1.89. The SMILES string of the molecule is Cc1nn(Cc2ccccc2)c2ncc(NC(=O)CCS)cc12. The first-order chi connectivity index (χ1) is 11.2. The van der Waals surface area contributed by atoms with Crippen molar-refractivity contribution in [3.63, 3.8) is 0 Å². The molecule has 6 heteroatoms. The molecule has 0 unspecified atom stereocenters. The van der Waals surface area contributed by atoms with E-state index in [1.807, 2.05) is 35.9 Å². The number of nitrogens with zero attached hydrogens (tertiary/aromatic N) is 3. The Bertz CT molecular complexity index is 829. The molecular weight excluding hydrogens is 308 g/mol. The van der Waals surface area contributed by atoms with Crippen molar-refractivity contribution in [1.82, 2.24) is 14.8 Å². The van der Waals surface area contributed by atoms with E-state index in [1.165, 1.54) is 5.56 Å². The third-order valence-electron chi connectivity index (χ3n) is 3.57. The van der Waals surface area contributed by atoms with Gasteiger partial charge in [-0.3, -0.25) is 4.79 Å². The lowest BCUT2D eigenvalue weighted by molar-refractivity contribution is -0.115. The van der Waals surface area contributed by atoms with Crippen LogP contribution in [0.2, 0.25) is 0 Å². The molecule has 3 rings (SSSR count). The molecule has 2 heterocycles. The molecule has 1 aromatic carbocycles. The summed E-state index contributed by atoms with van der Waals surface area (Å²) in [5.74, 6) is 0.464. The zero-order valence-corrected chi connectivity index (χ0v) is 13.8. The normalized spacial score (nSPS) is 10.9. The van der Waals surface area contributed by atoms with Crippen LogP contribution in [0.4, 0.5) is 5.69 Å². The molecule has 1 N–H and O–H groups in total. The molecule has 0 saturated heterocycles. The second-order valence-corrected chi connectivity index (χ2v) is 5.79. The molecule has 0 spiro atoms. The van der Waals surface area contributed by atoms with Gasteiger partial charge in [-0.2, -0.15) is 17.7 Å².